The fourth-order valence-electron chi connectivity index (χ4n) is 4.87. The summed E-state index contributed by atoms with van der Waals surface area (Å²) in [4.78, 5) is 43.5. The second-order valence-electron chi connectivity index (χ2n) is 9.04. The van der Waals surface area contributed by atoms with Gasteiger partial charge in [0.15, 0.2) is 0 Å². The van der Waals surface area contributed by atoms with Gasteiger partial charge >= 0.3 is 0 Å². The predicted molar refractivity (Wildman–Crippen MR) is 146 cm³/mol. The van der Waals surface area contributed by atoms with E-state index in [-0.39, 0.29) is 30.8 Å². The molecule has 3 amide bonds. The van der Waals surface area contributed by atoms with E-state index in [1.807, 2.05) is 72.8 Å². The van der Waals surface area contributed by atoms with E-state index >= 15 is 0 Å². The normalized spacial score (nSPS) is 13.0. The van der Waals surface area contributed by atoms with Crippen LogP contribution in [0.2, 0.25) is 5.02 Å². The van der Waals surface area contributed by atoms with Crippen molar-refractivity contribution in [3.05, 3.63) is 113 Å². The first-order chi connectivity index (χ1) is 18.0. The summed E-state index contributed by atoms with van der Waals surface area (Å²) >= 11 is 6.08. The average molecular weight is 512 g/mol. The molecule has 1 atom stereocenters. The van der Waals surface area contributed by atoms with Crippen molar-refractivity contribution in [3.63, 3.8) is 0 Å². The van der Waals surface area contributed by atoms with Crippen LogP contribution in [0.25, 0.3) is 10.8 Å². The summed E-state index contributed by atoms with van der Waals surface area (Å²) in [7, 11) is 1.56. The first-order valence-electron chi connectivity index (χ1n) is 12.1. The molecule has 1 aliphatic heterocycles. The van der Waals surface area contributed by atoms with Gasteiger partial charge in [0.2, 0.25) is 11.8 Å². The van der Waals surface area contributed by atoms with Gasteiger partial charge < -0.3 is 10.2 Å². The fourth-order valence-corrected chi connectivity index (χ4v) is 5.00. The molecule has 1 heterocycles. The number of hydrogen-bond donors (Lipinski definition) is 1. The quantitative estimate of drug-likeness (QED) is 0.368. The number of halogens is 1. The topological polar surface area (TPSA) is 69.7 Å². The van der Waals surface area contributed by atoms with Crippen LogP contribution in [-0.2, 0) is 22.6 Å². The first kappa shape index (κ1) is 24.5. The standard InChI is InChI=1S/C30H26ClN3O3/c1-32-29(36)26(17-20-7-3-2-4-8-20)33(18-21-13-15-23(31)16-14-21)27(35)19-34-25-12-6-10-22-9-5-11-24(28(22)25)30(34)37/h2-16,26H,17-19H2,1H3,(H,32,36)/t26-/m1/s1. The van der Waals surface area contributed by atoms with Crippen LogP contribution in [0.15, 0.2) is 91.0 Å². The number of likely N-dealkylation sites (N-methyl/N-ethyl adjacent to an activating group) is 1. The van der Waals surface area contributed by atoms with Crippen molar-refractivity contribution in [3.8, 4) is 0 Å². The minimum Gasteiger partial charge on any atom is -0.357 e. The van der Waals surface area contributed by atoms with Crippen molar-refractivity contribution in [1.82, 2.24) is 10.2 Å². The van der Waals surface area contributed by atoms with Crippen LogP contribution in [0.3, 0.4) is 0 Å². The van der Waals surface area contributed by atoms with Gasteiger partial charge in [-0.15, -0.1) is 0 Å². The zero-order valence-electron chi connectivity index (χ0n) is 20.4. The van der Waals surface area contributed by atoms with Crippen molar-refractivity contribution in [2.45, 2.75) is 19.0 Å². The van der Waals surface area contributed by atoms with Crippen molar-refractivity contribution < 1.29 is 14.4 Å². The largest absolute Gasteiger partial charge is 0.357 e. The molecule has 4 aromatic carbocycles. The van der Waals surface area contributed by atoms with E-state index in [0.29, 0.717) is 22.7 Å². The number of carbonyl (C=O) groups is 3. The molecule has 5 rings (SSSR count). The third-order valence-corrected chi connectivity index (χ3v) is 6.98. The van der Waals surface area contributed by atoms with E-state index in [2.05, 4.69) is 5.32 Å². The highest BCUT2D eigenvalue weighted by atomic mass is 35.5. The molecule has 186 valence electrons. The van der Waals surface area contributed by atoms with Crippen molar-refractivity contribution in [1.29, 1.82) is 0 Å². The Kier molecular flexibility index (Phi) is 6.93. The molecule has 7 heteroatoms. The molecule has 0 bridgehead atoms. The molecule has 0 saturated heterocycles. The van der Waals surface area contributed by atoms with Gasteiger partial charge in [0.25, 0.3) is 5.91 Å². The number of benzene rings is 4. The van der Waals surface area contributed by atoms with Gasteiger partial charge in [-0.3, -0.25) is 19.3 Å². The summed E-state index contributed by atoms with van der Waals surface area (Å²) in [6, 6.07) is 27.3. The number of rotatable bonds is 8. The third-order valence-electron chi connectivity index (χ3n) is 6.73. The van der Waals surface area contributed by atoms with Gasteiger partial charge in [-0.2, -0.15) is 0 Å². The van der Waals surface area contributed by atoms with Crippen LogP contribution < -0.4 is 10.2 Å². The van der Waals surface area contributed by atoms with E-state index in [0.717, 1.165) is 21.9 Å². The zero-order chi connectivity index (χ0) is 25.9. The van der Waals surface area contributed by atoms with E-state index in [1.54, 1.807) is 30.1 Å². The molecule has 6 nitrogen and oxygen atoms in total. The number of nitrogens with one attached hydrogen (secondary N) is 1. The third kappa shape index (κ3) is 4.93. The molecule has 1 N–H and O–H groups in total. The highest BCUT2D eigenvalue weighted by Gasteiger charge is 2.35. The lowest BCUT2D eigenvalue weighted by molar-refractivity contribution is -0.140. The van der Waals surface area contributed by atoms with E-state index in [4.69, 9.17) is 11.6 Å². The monoisotopic (exact) mass is 511 g/mol. The van der Waals surface area contributed by atoms with Gasteiger partial charge in [-0.05, 0) is 40.8 Å². The summed E-state index contributed by atoms with van der Waals surface area (Å²) in [6.45, 7) is 0.0165. The summed E-state index contributed by atoms with van der Waals surface area (Å²) < 4.78 is 0. The van der Waals surface area contributed by atoms with Crippen LogP contribution >= 0.6 is 11.6 Å². The van der Waals surface area contributed by atoms with Gasteiger partial charge in [-0.1, -0.05) is 78.3 Å². The molecule has 0 unspecified atom stereocenters. The number of amides is 3. The fraction of sp³-hybridized carbons (Fsp3) is 0.167. The Hall–Kier alpha value is -4.16. The first-order valence-corrected chi connectivity index (χ1v) is 12.5. The Balaban J connectivity index is 1.50. The molecule has 1 aliphatic rings. The van der Waals surface area contributed by atoms with E-state index < -0.39 is 6.04 Å². The highest BCUT2D eigenvalue weighted by molar-refractivity contribution is 6.30. The van der Waals surface area contributed by atoms with Gasteiger partial charge in [0.05, 0.1) is 5.69 Å². The molecule has 37 heavy (non-hydrogen) atoms. The van der Waals surface area contributed by atoms with Crippen molar-refractivity contribution in [2.75, 3.05) is 18.5 Å². The Morgan fingerprint density at radius 2 is 1.59 bits per heavy atom. The van der Waals surface area contributed by atoms with Crippen molar-refractivity contribution >= 4 is 45.8 Å². The smallest absolute Gasteiger partial charge is 0.259 e. The average Bonchev–Trinajstić information content (AvgIpc) is 3.19. The van der Waals surface area contributed by atoms with Crippen LogP contribution in [-0.4, -0.2) is 42.3 Å². The lowest BCUT2D eigenvalue weighted by Crippen LogP contribution is -2.52. The van der Waals surface area contributed by atoms with Gasteiger partial charge in [0.1, 0.15) is 12.6 Å². The van der Waals surface area contributed by atoms with Crippen LogP contribution in [0.4, 0.5) is 5.69 Å². The van der Waals surface area contributed by atoms with E-state index in [9.17, 15) is 14.4 Å². The maximum atomic E-state index is 14.0. The summed E-state index contributed by atoms with van der Waals surface area (Å²) in [5, 5.41) is 5.09. The highest BCUT2D eigenvalue weighted by Crippen LogP contribution is 2.37. The maximum Gasteiger partial charge on any atom is 0.259 e. The SMILES string of the molecule is CNC(=O)[C@@H](Cc1ccccc1)N(Cc1ccc(Cl)cc1)C(=O)CN1C(=O)c2cccc3cccc1c23. The molecule has 4 aromatic rings. The lowest BCUT2D eigenvalue weighted by Gasteiger charge is -2.32. The Labute approximate surface area is 220 Å². The van der Waals surface area contributed by atoms with Gasteiger partial charge in [-0.25, -0.2) is 0 Å². The zero-order valence-corrected chi connectivity index (χ0v) is 21.1. The summed E-state index contributed by atoms with van der Waals surface area (Å²) in [6.07, 6.45) is 0.337. The maximum absolute atomic E-state index is 14.0. The molecule has 0 saturated carbocycles. The Morgan fingerprint density at radius 3 is 2.30 bits per heavy atom. The van der Waals surface area contributed by atoms with Crippen molar-refractivity contribution in [2.24, 2.45) is 0 Å². The Bertz CT molecular complexity index is 1470. The molecule has 0 radical (unpaired) electrons. The number of hydrogen-bond acceptors (Lipinski definition) is 3. The molecular formula is C30H26ClN3O3. The van der Waals surface area contributed by atoms with Crippen LogP contribution in [0, 0.1) is 0 Å². The van der Waals surface area contributed by atoms with Gasteiger partial charge in [0, 0.05) is 36.0 Å². The molecular weight excluding hydrogens is 486 g/mol. The second-order valence-corrected chi connectivity index (χ2v) is 9.48. The molecule has 0 fully saturated rings. The number of carbonyl (C=O) groups excluding carboxylic acids is 3. The molecule has 0 aromatic heterocycles. The predicted octanol–water partition coefficient (Wildman–Crippen LogP) is 4.84. The molecule has 0 aliphatic carbocycles. The lowest BCUT2D eigenvalue weighted by atomic mass is 10.0. The van der Waals surface area contributed by atoms with Crippen LogP contribution in [0.1, 0.15) is 21.5 Å². The van der Waals surface area contributed by atoms with E-state index in [1.165, 1.54) is 4.90 Å². The van der Waals surface area contributed by atoms with Crippen LogP contribution in [0.5, 0.6) is 0 Å². The summed E-state index contributed by atoms with van der Waals surface area (Å²) in [5.74, 6) is -0.812. The Morgan fingerprint density at radius 1 is 0.892 bits per heavy atom. The minimum atomic E-state index is -0.772. The minimum absolute atomic E-state index is 0.178. The number of anilines is 1. The second kappa shape index (κ2) is 10.4. The molecule has 0 spiro atoms. The number of nitrogens with zero attached hydrogens (tertiary/aromatic N) is 2. The summed E-state index contributed by atoms with van der Waals surface area (Å²) in [5.41, 5.74) is 3.05.